The van der Waals surface area contributed by atoms with E-state index in [2.05, 4.69) is 15.3 Å². The summed E-state index contributed by atoms with van der Waals surface area (Å²) in [7, 11) is 3.58. The fourth-order valence-corrected chi connectivity index (χ4v) is 8.62. The third kappa shape index (κ3) is 15.5. The lowest BCUT2D eigenvalue weighted by atomic mass is 9.95. The summed E-state index contributed by atoms with van der Waals surface area (Å²) in [5.74, 6) is -5.36. The topological polar surface area (TPSA) is 190 Å². The number of carbonyl (C=O) groups excluding carboxylic acids is 6. The molecule has 1 aliphatic rings. The number of cyclic esters (lactones) is 3. The highest BCUT2D eigenvalue weighted by molar-refractivity contribution is 7.10. The zero-order valence-corrected chi connectivity index (χ0v) is 38.7. The number of esters is 5. The molecule has 1 N–H and O–H groups in total. The molecule has 2 aromatic rings. The second-order valence-corrected chi connectivity index (χ2v) is 19.9. The van der Waals surface area contributed by atoms with Gasteiger partial charge in [0.25, 0.3) is 0 Å². The van der Waals surface area contributed by atoms with Gasteiger partial charge in [0.15, 0.2) is 23.6 Å². The van der Waals surface area contributed by atoms with Gasteiger partial charge in [-0.3, -0.25) is 24.1 Å². The van der Waals surface area contributed by atoms with Crippen molar-refractivity contribution in [2.45, 2.75) is 135 Å². The largest absolute Gasteiger partial charge is 0.460 e. The summed E-state index contributed by atoms with van der Waals surface area (Å²) in [6.45, 7) is 15.3. The second-order valence-electron chi connectivity index (χ2n) is 16.3. The van der Waals surface area contributed by atoms with Crippen molar-refractivity contribution in [1.82, 2.24) is 20.2 Å². The lowest BCUT2D eigenvalue weighted by Gasteiger charge is -2.33. The zero-order chi connectivity index (χ0) is 44.4. The van der Waals surface area contributed by atoms with E-state index in [4.69, 9.17) is 46.9 Å². The highest BCUT2D eigenvalue weighted by Gasteiger charge is 2.37. The molecule has 3 heterocycles. The lowest BCUT2D eigenvalue weighted by Crippen LogP contribution is -2.54. The average Bonchev–Trinajstić information content (AvgIpc) is 3.80. The van der Waals surface area contributed by atoms with Crippen molar-refractivity contribution in [1.29, 1.82) is 0 Å². The van der Waals surface area contributed by atoms with E-state index in [-0.39, 0.29) is 46.5 Å². The molecule has 3 rings (SSSR count). The first-order valence-corrected chi connectivity index (χ1v) is 22.2. The van der Waals surface area contributed by atoms with Gasteiger partial charge in [-0.15, -0.1) is 45.9 Å². The third-order valence-electron chi connectivity index (χ3n) is 9.40. The van der Waals surface area contributed by atoms with Crippen LogP contribution in [0.15, 0.2) is 10.8 Å². The molecular formula is C40H58Cl2N4O11S2. The van der Waals surface area contributed by atoms with Crippen LogP contribution in [-0.2, 0) is 42.9 Å². The van der Waals surface area contributed by atoms with Crippen LogP contribution in [0.1, 0.15) is 138 Å². The first-order valence-electron chi connectivity index (χ1n) is 19.7. The van der Waals surface area contributed by atoms with Crippen molar-refractivity contribution >= 4 is 81.6 Å². The first-order chi connectivity index (χ1) is 27.5. The maximum Gasteiger partial charge on any atom is 0.358 e. The Kier molecular flexibility index (Phi) is 19.0. The molecule has 2 aromatic heterocycles. The number of carbonyl (C=O) groups is 6. The maximum absolute atomic E-state index is 13.8. The number of aromatic nitrogens is 2. The molecule has 7 unspecified atom stereocenters. The summed E-state index contributed by atoms with van der Waals surface area (Å²) in [5.41, 5.74) is -0.205. The predicted octanol–water partition coefficient (Wildman–Crippen LogP) is 7.26. The number of alkyl halides is 2. The van der Waals surface area contributed by atoms with E-state index in [1.807, 2.05) is 41.5 Å². The van der Waals surface area contributed by atoms with Gasteiger partial charge in [0.05, 0.1) is 24.4 Å². The molecule has 59 heavy (non-hydrogen) atoms. The summed E-state index contributed by atoms with van der Waals surface area (Å²) in [6, 6.07) is -1.26. The average molecular weight is 906 g/mol. The van der Waals surface area contributed by atoms with E-state index in [9.17, 15) is 28.8 Å². The minimum Gasteiger partial charge on any atom is -0.460 e. The van der Waals surface area contributed by atoms with E-state index in [1.54, 1.807) is 32.8 Å². The molecule has 0 saturated heterocycles. The lowest BCUT2D eigenvalue weighted by molar-refractivity contribution is -0.161. The summed E-state index contributed by atoms with van der Waals surface area (Å²) in [5, 5.41) is 6.31. The summed E-state index contributed by atoms with van der Waals surface area (Å²) < 4.78 is 27.9. The van der Waals surface area contributed by atoms with E-state index >= 15 is 0 Å². The van der Waals surface area contributed by atoms with Gasteiger partial charge in [0.2, 0.25) is 5.91 Å². The van der Waals surface area contributed by atoms with Crippen LogP contribution in [0, 0.1) is 23.7 Å². The fourth-order valence-electron chi connectivity index (χ4n) is 6.56. The molecule has 1 aliphatic heterocycles. The van der Waals surface area contributed by atoms with Crippen LogP contribution in [0.2, 0.25) is 0 Å². The van der Waals surface area contributed by atoms with E-state index in [0.717, 1.165) is 22.7 Å². The van der Waals surface area contributed by atoms with Crippen molar-refractivity contribution in [3.05, 3.63) is 32.2 Å². The molecule has 0 spiro atoms. The van der Waals surface area contributed by atoms with E-state index in [0.29, 0.717) is 24.3 Å². The normalized spacial score (nSPS) is 21.0. The highest BCUT2D eigenvalue weighted by atomic mass is 35.5. The van der Waals surface area contributed by atoms with Crippen LogP contribution in [0.3, 0.4) is 0 Å². The van der Waals surface area contributed by atoms with E-state index in [1.165, 1.54) is 17.7 Å². The standard InChI is InChI=1S/C40H58Cl2N4O11S2/c1-20(2)15-25(43-34(49)32(21(3)4)46(10)11)29(54-24(8)47)16-31(48)55-30-17-53-38(51)26-18-59-36(45-26)33(22(5)6)57-37(50)23(7)28(13-12-14-40(9,41)42)56-39(52)27-19-58-35(30)44-27/h18-23,25,28-30,32-33H,12-17H2,1-11H3,(H,43,49). The summed E-state index contributed by atoms with van der Waals surface area (Å²) in [4.78, 5) is 90.8. The number of nitrogens with zero attached hydrogens (tertiary/aromatic N) is 3. The Morgan fingerprint density at radius 1 is 0.983 bits per heavy atom. The van der Waals surface area contributed by atoms with Gasteiger partial charge in [-0.05, 0) is 71.4 Å². The van der Waals surface area contributed by atoms with Crippen molar-refractivity contribution in [2.75, 3.05) is 20.7 Å². The van der Waals surface area contributed by atoms with Gasteiger partial charge in [-0.2, -0.15) is 0 Å². The SMILES string of the molecule is CC(=O)OC(CC(=O)OC1COC(=O)c2csc(n2)C(C(C)C)OC(=O)C(C)C(CCCC(C)(Cl)Cl)OC(=O)c2csc1n2)C(CC(C)C)NC(=O)C(C(C)C)N(C)C. The van der Waals surface area contributed by atoms with Crippen LogP contribution < -0.4 is 5.32 Å². The molecule has 0 radical (unpaired) electrons. The Morgan fingerprint density at radius 3 is 2.15 bits per heavy atom. The second kappa shape index (κ2) is 22.5. The fraction of sp³-hybridized carbons (Fsp3) is 0.700. The number of hydrogen-bond donors (Lipinski definition) is 1. The third-order valence-corrected chi connectivity index (χ3v) is 11.6. The minimum absolute atomic E-state index is 0.0340. The molecule has 15 nitrogen and oxygen atoms in total. The Hall–Kier alpha value is -3.38. The summed E-state index contributed by atoms with van der Waals surface area (Å²) in [6.07, 6.45) is -3.36. The number of thiazole rings is 2. The molecule has 7 atom stereocenters. The van der Waals surface area contributed by atoms with Gasteiger partial charge in [-0.1, -0.05) is 41.5 Å². The highest BCUT2D eigenvalue weighted by Crippen LogP contribution is 2.33. The van der Waals surface area contributed by atoms with Crippen LogP contribution in [-0.4, -0.2) is 99.9 Å². The number of rotatable bonds is 16. The number of ether oxygens (including phenoxy) is 5. The molecular weight excluding hydrogens is 847 g/mol. The number of halogens is 2. The van der Waals surface area contributed by atoms with Gasteiger partial charge in [0, 0.05) is 17.7 Å². The van der Waals surface area contributed by atoms with Crippen molar-refractivity contribution < 1.29 is 52.5 Å². The van der Waals surface area contributed by atoms with Gasteiger partial charge in [-0.25, -0.2) is 19.6 Å². The number of hydrogen-bond acceptors (Lipinski definition) is 16. The quantitative estimate of drug-likeness (QED) is 0.101. The Bertz CT molecular complexity index is 1750. The van der Waals surface area contributed by atoms with Crippen molar-refractivity contribution in [2.24, 2.45) is 23.7 Å². The number of nitrogens with one attached hydrogen (secondary N) is 1. The smallest absolute Gasteiger partial charge is 0.358 e. The van der Waals surface area contributed by atoms with Crippen LogP contribution in [0.4, 0.5) is 0 Å². The monoisotopic (exact) mass is 904 g/mol. The molecule has 0 aromatic carbocycles. The molecule has 1 amide bonds. The molecule has 0 aliphatic carbocycles. The predicted molar refractivity (Wildman–Crippen MR) is 223 cm³/mol. The first kappa shape index (κ1) is 50.0. The molecule has 330 valence electrons. The molecule has 19 heteroatoms. The molecule has 4 bridgehead atoms. The number of amides is 1. The summed E-state index contributed by atoms with van der Waals surface area (Å²) >= 11 is 14.5. The number of fused-ring (bicyclic) bond motifs is 4. The van der Waals surface area contributed by atoms with Crippen LogP contribution in [0.5, 0.6) is 0 Å². The van der Waals surface area contributed by atoms with Gasteiger partial charge in [0.1, 0.15) is 33.2 Å². The minimum atomic E-state index is -1.32. The van der Waals surface area contributed by atoms with Crippen molar-refractivity contribution in [3.63, 3.8) is 0 Å². The van der Waals surface area contributed by atoms with Crippen molar-refractivity contribution in [3.8, 4) is 0 Å². The number of likely N-dealkylation sites (N-methyl/N-ethyl adjacent to an activating group) is 1. The molecule has 0 fully saturated rings. The van der Waals surface area contributed by atoms with Crippen LogP contribution in [0.25, 0.3) is 0 Å². The van der Waals surface area contributed by atoms with Crippen LogP contribution >= 0.6 is 45.9 Å². The Balaban J connectivity index is 2.00. The van der Waals surface area contributed by atoms with E-state index < -0.39 is 89.6 Å². The zero-order valence-electron chi connectivity index (χ0n) is 35.6. The Morgan fingerprint density at radius 2 is 1.59 bits per heavy atom. The Labute approximate surface area is 364 Å². The molecule has 0 saturated carbocycles. The van der Waals surface area contributed by atoms with Gasteiger partial charge >= 0.3 is 29.8 Å². The van der Waals surface area contributed by atoms with Gasteiger partial charge < -0.3 is 29.0 Å². The maximum atomic E-state index is 13.8.